The van der Waals surface area contributed by atoms with Crippen LogP contribution >= 0.6 is 0 Å². The van der Waals surface area contributed by atoms with Gasteiger partial charge in [0.2, 0.25) is 5.91 Å². The molecule has 0 aliphatic heterocycles. The molecular weight excluding hydrogens is 357 g/mol. The maximum atomic E-state index is 11.6. The number of carbonyl (C=O) groups excluding carboxylic acids is 1. The molecule has 0 bridgehead atoms. The highest BCUT2D eigenvalue weighted by atomic mass is 19.4. The van der Waals surface area contributed by atoms with Crippen molar-refractivity contribution in [2.75, 3.05) is 11.9 Å². The standard InChI is InChI=1S/C14H16N2O3.C2HF3O2/c1-9-7-14(18)19-12-8-10(4-5-11(9)12)16-13(17)3-2-6-15;3-2(4,5)1(6)7/h4-5,7-8H,2-3,6,15H2,1H3,(H,16,17);(H,6,7). The second-order valence-corrected chi connectivity index (χ2v) is 5.20. The Labute approximate surface area is 145 Å². The Morgan fingerprint density at radius 3 is 2.42 bits per heavy atom. The largest absolute Gasteiger partial charge is 0.490 e. The molecule has 4 N–H and O–H groups in total. The number of anilines is 1. The Balaban J connectivity index is 0.000000412. The van der Waals surface area contributed by atoms with Crippen molar-refractivity contribution in [2.45, 2.75) is 25.9 Å². The van der Waals surface area contributed by atoms with Gasteiger partial charge in [-0.25, -0.2) is 9.59 Å². The molecule has 0 saturated heterocycles. The first kappa shape index (κ1) is 21.2. The monoisotopic (exact) mass is 374 g/mol. The Morgan fingerprint density at radius 1 is 1.27 bits per heavy atom. The van der Waals surface area contributed by atoms with Crippen molar-refractivity contribution < 1.29 is 32.3 Å². The summed E-state index contributed by atoms with van der Waals surface area (Å²) in [4.78, 5) is 31.8. The van der Waals surface area contributed by atoms with Crippen LogP contribution in [0, 0.1) is 6.92 Å². The van der Waals surface area contributed by atoms with Gasteiger partial charge in [-0.05, 0) is 37.6 Å². The number of fused-ring (bicyclic) bond motifs is 1. The number of benzene rings is 1. The van der Waals surface area contributed by atoms with E-state index in [0.717, 1.165) is 10.9 Å². The van der Waals surface area contributed by atoms with Crippen LogP contribution < -0.4 is 16.7 Å². The normalized spacial score (nSPS) is 10.8. The smallest absolute Gasteiger partial charge is 0.475 e. The molecule has 0 fully saturated rings. The van der Waals surface area contributed by atoms with Crippen molar-refractivity contribution in [1.82, 2.24) is 0 Å². The van der Waals surface area contributed by atoms with E-state index in [-0.39, 0.29) is 5.91 Å². The molecule has 0 spiro atoms. The Morgan fingerprint density at radius 2 is 1.88 bits per heavy atom. The van der Waals surface area contributed by atoms with Crippen molar-refractivity contribution in [3.05, 3.63) is 40.2 Å². The lowest BCUT2D eigenvalue weighted by Crippen LogP contribution is -2.21. The van der Waals surface area contributed by atoms with Gasteiger partial charge in [0.1, 0.15) is 5.58 Å². The first-order chi connectivity index (χ1) is 12.0. The number of nitrogens with two attached hydrogens (primary N) is 1. The summed E-state index contributed by atoms with van der Waals surface area (Å²) < 4.78 is 36.9. The summed E-state index contributed by atoms with van der Waals surface area (Å²) in [6.07, 6.45) is -4.06. The third-order valence-corrected chi connectivity index (χ3v) is 3.09. The first-order valence-electron chi connectivity index (χ1n) is 7.39. The summed E-state index contributed by atoms with van der Waals surface area (Å²) in [5, 5.41) is 10.7. The summed E-state index contributed by atoms with van der Waals surface area (Å²) >= 11 is 0. The molecule has 26 heavy (non-hydrogen) atoms. The number of rotatable bonds is 4. The van der Waals surface area contributed by atoms with Crippen LogP contribution in [0.1, 0.15) is 18.4 Å². The van der Waals surface area contributed by atoms with Crippen LogP contribution in [-0.4, -0.2) is 29.7 Å². The van der Waals surface area contributed by atoms with Gasteiger partial charge in [-0.2, -0.15) is 13.2 Å². The van der Waals surface area contributed by atoms with E-state index in [0.29, 0.717) is 30.7 Å². The Bertz CT molecular complexity index is 846. The van der Waals surface area contributed by atoms with Gasteiger partial charge in [0.15, 0.2) is 0 Å². The highest BCUT2D eigenvalue weighted by molar-refractivity contribution is 5.93. The minimum atomic E-state index is -5.08. The minimum Gasteiger partial charge on any atom is -0.475 e. The van der Waals surface area contributed by atoms with E-state index in [4.69, 9.17) is 20.1 Å². The van der Waals surface area contributed by atoms with E-state index >= 15 is 0 Å². The first-order valence-corrected chi connectivity index (χ1v) is 7.39. The zero-order valence-electron chi connectivity index (χ0n) is 13.7. The topological polar surface area (TPSA) is 123 Å². The third kappa shape index (κ3) is 6.55. The molecule has 1 amide bonds. The highest BCUT2D eigenvalue weighted by Crippen LogP contribution is 2.20. The fourth-order valence-corrected chi connectivity index (χ4v) is 1.89. The summed E-state index contributed by atoms with van der Waals surface area (Å²) in [6, 6.07) is 6.72. The third-order valence-electron chi connectivity index (χ3n) is 3.09. The Kier molecular flexibility index (Phi) is 7.32. The quantitative estimate of drug-likeness (QED) is 0.707. The molecule has 2 aromatic rings. The predicted molar refractivity (Wildman–Crippen MR) is 87.8 cm³/mol. The molecule has 0 saturated carbocycles. The van der Waals surface area contributed by atoms with Crippen molar-refractivity contribution >= 4 is 28.5 Å². The van der Waals surface area contributed by atoms with Crippen LogP contribution in [0.25, 0.3) is 11.0 Å². The number of carboxylic acids is 1. The molecule has 1 heterocycles. The molecule has 0 radical (unpaired) electrons. The van der Waals surface area contributed by atoms with Crippen LogP contribution in [0.5, 0.6) is 0 Å². The van der Waals surface area contributed by atoms with Crippen LogP contribution in [-0.2, 0) is 9.59 Å². The second kappa shape index (κ2) is 8.99. The molecule has 1 aromatic carbocycles. The van der Waals surface area contributed by atoms with Gasteiger partial charge in [0.25, 0.3) is 0 Å². The zero-order valence-corrected chi connectivity index (χ0v) is 13.7. The number of hydrogen-bond donors (Lipinski definition) is 3. The van der Waals surface area contributed by atoms with Crippen molar-refractivity contribution in [2.24, 2.45) is 5.73 Å². The number of hydrogen-bond acceptors (Lipinski definition) is 5. The zero-order chi connectivity index (χ0) is 19.9. The van der Waals surface area contributed by atoms with Gasteiger partial charge in [-0.1, -0.05) is 0 Å². The minimum absolute atomic E-state index is 0.0974. The number of halogens is 3. The maximum Gasteiger partial charge on any atom is 0.490 e. The molecule has 2 rings (SSSR count). The number of aliphatic carboxylic acids is 1. The van der Waals surface area contributed by atoms with Gasteiger partial charge in [-0.3, -0.25) is 4.79 Å². The van der Waals surface area contributed by atoms with Crippen molar-refractivity contribution in [3.8, 4) is 0 Å². The lowest BCUT2D eigenvalue weighted by molar-refractivity contribution is -0.192. The highest BCUT2D eigenvalue weighted by Gasteiger charge is 2.38. The summed E-state index contributed by atoms with van der Waals surface area (Å²) in [6.45, 7) is 2.33. The fourth-order valence-electron chi connectivity index (χ4n) is 1.89. The summed E-state index contributed by atoms with van der Waals surface area (Å²) in [5.41, 5.74) is 6.90. The van der Waals surface area contributed by atoms with Crippen molar-refractivity contribution in [1.29, 1.82) is 0 Å². The van der Waals surface area contributed by atoms with Gasteiger partial charge in [0, 0.05) is 29.6 Å². The van der Waals surface area contributed by atoms with Gasteiger partial charge < -0.3 is 20.6 Å². The Hall–Kier alpha value is -2.88. The molecule has 0 atom stereocenters. The average molecular weight is 374 g/mol. The second-order valence-electron chi connectivity index (χ2n) is 5.20. The summed E-state index contributed by atoms with van der Waals surface area (Å²) in [7, 11) is 0. The SMILES string of the molecule is Cc1cc(=O)oc2cc(NC(=O)CCCN)ccc12.O=C(O)C(F)(F)F. The molecule has 10 heteroatoms. The average Bonchev–Trinajstić information content (AvgIpc) is 2.52. The molecule has 7 nitrogen and oxygen atoms in total. The number of alkyl halides is 3. The van der Waals surface area contributed by atoms with Crippen molar-refractivity contribution in [3.63, 3.8) is 0 Å². The molecule has 0 unspecified atom stereocenters. The molecule has 0 aliphatic rings. The molecule has 1 aromatic heterocycles. The van der Waals surface area contributed by atoms with Crippen LogP contribution in [0.15, 0.2) is 33.5 Å². The van der Waals surface area contributed by atoms with Crippen LogP contribution in [0.3, 0.4) is 0 Å². The lowest BCUT2D eigenvalue weighted by atomic mass is 10.1. The van der Waals surface area contributed by atoms with E-state index in [2.05, 4.69) is 5.32 Å². The molecular formula is C16H17F3N2O5. The number of carbonyl (C=O) groups is 2. The fraction of sp³-hybridized carbons (Fsp3) is 0.312. The lowest BCUT2D eigenvalue weighted by Gasteiger charge is -2.06. The van der Waals surface area contributed by atoms with E-state index in [1.54, 1.807) is 12.1 Å². The maximum absolute atomic E-state index is 11.6. The van der Waals surface area contributed by atoms with Gasteiger partial charge in [0.05, 0.1) is 0 Å². The number of carboxylic acid groups (broad SMARTS) is 1. The van der Waals surface area contributed by atoms with E-state index in [9.17, 15) is 22.8 Å². The summed E-state index contributed by atoms with van der Waals surface area (Å²) in [5.74, 6) is -2.85. The van der Waals surface area contributed by atoms with E-state index in [1.807, 2.05) is 13.0 Å². The van der Waals surface area contributed by atoms with Gasteiger partial charge in [-0.15, -0.1) is 0 Å². The molecule has 142 valence electrons. The predicted octanol–water partition coefficient (Wildman–Crippen LogP) is 2.41. The number of amides is 1. The van der Waals surface area contributed by atoms with E-state index in [1.165, 1.54) is 6.07 Å². The van der Waals surface area contributed by atoms with Gasteiger partial charge >= 0.3 is 17.8 Å². The van der Waals surface area contributed by atoms with E-state index < -0.39 is 17.8 Å². The van der Waals surface area contributed by atoms with Crippen LogP contribution in [0.2, 0.25) is 0 Å². The number of aryl methyl sites for hydroxylation is 1. The number of nitrogens with one attached hydrogen (secondary N) is 1. The molecule has 0 aliphatic carbocycles. The van der Waals surface area contributed by atoms with Crippen LogP contribution in [0.4, 0.5) is 18.9 Å².